The Morgan fingerprint density at radius 3 is 2.14 bits per heavy atom. The number of carbonyl (C=O) groups excluding carboxylic acids is 1. The maximum Gasteiger partial charge on any atom is 0.228 e. The maximum absolute atomic E-state index is 12.2. The molecule has 1 aromatic carbocycles. The summed E-state index contributed by atoms with van der Waals surface area (Å²) >= 11 is 0. The largest absolute Gasteiger partial charge is 0.497 e. The van der Waals surface area contributed by atoms with E-state index in [-0.39, 0.29) is 11.3 Å². The molecular weight excluding hydrogens is 264 g/mol. The molecule has 0 saturated carbocycles. The zero-order chi connectivity index (χ0) is 15.5. The molecule has 0 radical (unpaired) electrons. The highest BCUT2D eigenvalue weighted by Crippen LogP contribution is 2.19. The lowest BCUT2D eigenvalue weighted by Crippen LogP contribution is -2.51. The van der Waals surface area contributed by atoms with E-state index in [1.807, 2.05) is 37.8 Å². The van der Waals surface area contributed by atoms with E-state index in [4.69, 9.17) is 4.74 Å². The standard InChI is InChI=1S/C17H26N2O2/c1-17(2,3)16(20)19-11-9-18(10-12-19)13-14-5-7-15(21-4)8-6-14/h5-8H,9-13H2,1-4H3. The smallest absolute Gasteiger partial charge is 0.228 e. The molecule has 1 aliphatic rings. The van der Waals surface area contributed by atoms with Crippen molar-refractivity contribution in [3.05, 3.63) is 29.8 Å². The van der Waals surface area contributed by atoms with Gasteiger partial charge in [-0.05, 0) is 17.7 Å². The number of nitrogens with zero attached hydrogens (tertiary/aromatic N) is 2. The zero-order valence-corrected chi connectivity index (χ0v) is 13.6. The first-order valence-corrected chi connectivity index (χ1v) is 7.55. The van der Waals surface area contributed by atoms with Crippen molar-refractivity contribution in [2.75, 3.05) is 33.3 Å². The SMILES string of the molecule is COc1ccc(CN2CCN(C(=O)C(C)(C)C)CC2)cc1. The quantitative estimate of drug-likeness (QED) is 0.857. The summed E-state index contributed by atoms with van der Waals surface area (Å²) in [6.45, 7) is 10.4. The Labute approximate surface area is 127 Å². The molecule has 4 heteroatoms. The molecule has 1 heterocycles. The van der Waals surface area contributed by atoms with Crippen LogP contribution in [0.15, 0.2) is 24.3 Å². The molecule has 0 aliphatic carbocycles. The van der Waals surface area contributed by atoms with Crippen molar-refractivity contribution >= 4 is 5.91 Å². The van der Waals surface area contributed by atoms with Crippen LogP contribution < -0.4 is 4.74 Å². The van der Waals surface area contributed by atoms with Crippen LogP contribution in [0.5, 0.6) is 5.75 Å². The fraction of sp³-hybridized carbons (Fsp3) is 0.588. The third-order valence-corrected chi connectivity index (χ3v) is 3.87. The van der Waals surface area contributed by atoms with Crippen LogP contribution in [0.2, 0.25) is 0 Å². The van der Waals surface area contributed by atoms with Crippen LogP contribution >= 0.6 is 0 Å². The van der Waals surface area contributed by atoms with Gasteiger partial charge in [-0.3, -0.25) is 9.69 Å². The predicted octanol–water partition coefficient (Wildman–Crippen LogP) is 2.39. The highest BCUT2D eigenvalue weighted by molar-refractivity contribution is 5.81. The van der Waals surface area contributed by atoms with Gasteiger partial charge in [0.1, 0.15) is 5.75 Å². The van der Waals surface area contributed by atoms with Crippen molar-refractivity contribution < 1.29 is 9.53 Å². The summed E-state index contributed by atoms with van der Waals surface area (Å²) in [6, 6.07) is 8.19. The van der Waals surface area contributed by atoms with Crippen molar-refractivity contribution in [2.24, 2.45) is 5.41 Å². The minimum Gasteiger partial charge on any atom is -0.497 e. The van der Waals surface area contributed by atoms with Gasteiger partial charge in [-0.15, -0.1) is 0 Å². The second kappa shape index (κ2) is 6.48. The second-order valence-corrected chi connectivity index (χ2v) is 6.67. The van der Waals surface area contributed by atoms with E-state index in [9.17, 15) is 4.79 Å². The lowest BCUT2D eigenvalue weighted by molar-refractivity contribution is -0.141. The van der Waals surface area contributed by atoms with Gasteiger partial charge in [0.25, 0.3) is 0 Å². The third-order valence-electron chi connectivity index (χ3n) is 3.87. The molecule has 1 aliphatic heterocycles. The van der Waals surface area contributed by atoms with Crippen molar-refractivity contribution in [1.82, 2.24) is 9.80 Å². The fourth-order valence-corrected chi connectivity index (χ4v) is 2.57. The van der Waals surface area contributed by atoms with Gasteiger partial charge in [0.05, 0.1) is 7.11 Å². The Balaban J connectivity index is 1.85. The summed E-state index contributed by atoms with van der Waals surface area (Å²) in [5.41, 5.74) is 1.00. The van der Waals surface area contributed by atoms with Gasteiger partial charge in [0.2, 0.25) is 5.91 Å². The first kappa shape index (κ1) is 15.8. The number of rotatable bonds is 3. The number of hydrogen-bond donors (Lipinski definition) is 0. The van der Waals surface area contributed by atoms with E-state index in [0.29, 0.717) is 0 Å². The first-order chi connectivity index (χ1) is 9.90. The van der Waals surface area contributed by atoms with E-state index < -0.39 is 0 Å². The van der Waals surface area contributed by atoms with Crippen molar-refractivity contribution in [3.8, 4) is 5.75 Å². The summed E-state index contributed by atoms with van der Waals surface area (Å²) in [6.07, 6.45) is 0. The number of piperazine rings is 1. The van der Waals surface area contributed by atoms with Gasteiger partial charge in [-0.2, -0.15) is 0 Å². The van der Waals surface area contributed by atoms with E-state index >= 15 is 0 Å². The lowest BCUT2D eigenvalue weighted by Gasteiger charge is -2.37. The minimum absolute atomic E-state index is 0.256. The summed E-state index contributed by atoms with van der Waals surface area (Å²) in [4.78, 5) is 16.6. The van der Waals surface area contributed by atoms with Crippen molar-refractivity contribution in [3.63, 3.8) is 0 Å². The minimum atomic E-state index is -0.280. The third kappa shape index (κ3) is 4.21. The van der Waals surface area contributed by atoms with Gasteiger partial charge in [0.15, 0.2) is 0 Å². The topological polar surface area (TPSA) is 32.8 Å². The normalized spacial score (nSPS) is 16.9. The van der Waals surface area contributed by atoms with E-state index in [2.05, 4.69) is 17.0 Å². The molecule has 1 fully saturated rings. The van der Waals surface area contributed by atoms with Crippen LogP contribution in [0.25, 0.3) is 0 Å². The number of methoxy groups -OCH3 is 1. The van der Waals surface area contributed by atoms with Gasteiger partial charge in [-0.1, -0.05) is 32.9 Å². The number of amides is 1. The summed E-state index contributed by atoms with van der Waals surface area (Å²) in [7, 11) is 1.68. The molecule has 4 nitrogen and oxygen atoms in total. The molecule has 2 rings (SSSR count). The fourth-order valence-electron chi connectivity index (χ4n) is 2.57. The molecule has 1 amide bonds. The molecule has 0 spiro atoms. The first-order valence-electron chi connectivity index (χ1n) is 7.55. The maximum atomic E-state index is 12.2. The van der Waals surface area contributed by atoms with E-state index in [1.165, 1.54) is 5.56 Å². The number of hydrogen-bond acceptors (Lipinski definition) is 3. The van der Waals surface area contributed by atoms with Crippen molar-refractivity contribution in [2.45, 2.75) is 27.3 Å². The molecule has 21 heavy (non-hydrogen) atoms. The van der Waals surface area contributed by atoms with Crippen LogP contribution in [-0.4, -0.2) is 49.0 Å². The second-order valence-electron chi connectivity index (χ2n) is 6.67. The number of carbonyl (C=O) groups is 1. The molecular formula is C17H26N2O2. The highest BCUT2D eigenvalue weighted by Gasteiger charge is 2.29. The Hall–Kier alpha value is -1.55. The van der Waals surface area contributed by atoms with Gasteiger partial charge < -0.3 is 9.64 Å². The average molecular weight is 290 g/mol. The molecule has 0 N–H and O–H groups in total. The average Bonchev–Trinajstić information content (AvgIpc) is 2.47. The molecule has 0 aromatic heterocycles. The molecule has 0 atom stereocenters. The number of benzene rings is 1. The van der Waals surface area contributed by atoms with Crippen LogP contribution in [0.1, 0.15) is 26.3 Å². The van der Waals surface area contributed by atoms with Crippen molar-refractivity contribution in [1.29, 1.82) is 0 Å². The summed E-state index contributed by atoms with van der Waals surface area (Å²) in [5, 5.41) is 0. The lowest BCUT2D eigenvalue weighted by atomic mass is 9.94. The van der Waals surface area contributed by atoms with Crippen LogP contribution in [0.3, 0.4) is 0 Å². The van der Waals surface area contributed by atoms with E-state index in [1.54, 1.807) is 7.11 Å². The van der Waals surface area contributed by atoms with Gasteiger partial charge >= 0.3 is 0 Å². The number of ether oxygens (including phenoxy) is 1. The van der Waals surface area contributed by atoms with Crippen LogP contribution in [-0.2, 0) is 11.3 Å². The highest BCUT2D eigenvalue weighted by atomic mass is 16.5. The molecule has 116 valence electrons. The molecule has 1 aromatic rings. The van der Waals surface area contributed by atoms with E-state index in [0.717, 1.165) is 38.5 Å². The Morgan fingerprint density at radius 2 is 1.67 bits per heavy atom. The van der Waals surface area contributed by atoms with Crippen LogP contribution in [0, 0.1) is 5.41 Å². The Kier molecular flexibility index (Phi) is 4.88. The van der Waals surface area contributed by atoms with Gasteiger partial charge in [-0.25, -0.2) is 0 Å². The van der Waals surface area contributed by atoms with Crippen LogP contribution in [0.4, 0.5) is 0 Å². The monoisotopic (exact) mass is 290 g/mol. The predicted molar refractivity (Wildman–Crippen MR) is 84.3 cm³/mol. The Bertz CT molecular complexity index is 469. The molecule has 0 unspecified atom stereocenters. The van der Waals surface area contributed by atoms with Gasteiger partial charge in [0, 0.05) is 38.1 Å². The Morgan fingerprint density at radius 1 is 1.10 bits per heavy atom. The molecule has 1 saturated heterocycles. The summed E-state index contributed by atoms with van der Waals surface area (Å²) < 4.78 is 5.17. The molecule has 0 bridgehead atoms. The zero-order valence-electron chi connectivity index (χ0n) is 13.6. The summed E-state index contributed by atoms with van der Waals surface area (Å²) in [5.74, 6) is 1.14.